The van der Waals surface area contributed by atoms with Gasteiger partial charge in [-0.15, -0.1) is 0 Å². The Morgan fingerprint density at radius 3 is 1.40 bits per heavy atom. The maximum absolute atomic E-state index is 2.64. The van der Waals surface area contributed by atoms with Gasteiger partial charge in [0, 0.05) is 17.1 Å². The molecule has 0 bridgehead atoms. The molecule has 0 radical (unpaired) electrons. The summed E-state index contributed by atoms with van der Waals surface area (Å²) < 4.78 is 0. The highest BCUT2D eigenvalue weighted by atomic mass is 28.3. The van der Waals surface area contributed by atoms with E-state index in [-0.39, 0.29) is 0 Å². The van der Waals surface area contributed by atoms with E-state index < -0.39 is 16.1 Å². The fraction of sp³-hybridized carbons (Fsp3) is 0.143. The Kier molecular flexibility index (Phi) is 6.25. The summed E-state index contributed by atoms with van der Waals surface area (Å²) in [6.07, 6.45) is 0. The van der Waals surface area contributed by atoms with Crippen LogP contribution >= 0.6 is 0 Å². The first-order valence-electron chi connectivity index (χ1n) is 16.1. The number of nitrogens with zero attached hydrogens (tertiary/aromatic N) is 1. The molecule has 0 aromatic heterocycles. The van der Waals surface area contributed by atoms with E-state index in [1.54, 1.807) is 20.7 Å². The molecular weight excluding hydrogens is 575 g/mol. The van der Waals surface area contributed by atoms with Crippen LogP contribution in [0.1, 0.15) is 11.1 Å². The Hall–Kier alpha value is -4.45. The molecule has 0 fully saturated rings. The molecule has 45 heavy (non-hydrogen) atoms. The summed E-state index contributed by atoms with van der Waals surface area (Å²) in [7, 11) is -3.57. The Labute approximate surface area is 269 Å². The number of benzene rings is 6. The van der Waals surface area contributed by atoms with E-state index in [9.17, 15) is 0 Å². The van der Waals surface area contributed by atoms with Crippen molar-refractivity contribution < 1.29 is 0 Å². The van der Waals surface area contributed by atoms with Crippen molar-refractivity contribution in [3.8, 4) is 33.4 Å². The summed E-state index contributed by atoms with van der Waals surface area (Å²) in [6.45, 7) is 14.4. The minimum Gasteiger partial charge on any atom is -0.311 e. The van der Waals surface area contributed by atoms with Crippen LogP contribution in [-0.2, 0) is 0 Å². The van der Waals surface area contributed by atoms with Crippen molar-refractivity contribution >= 4 is 54.0 Å². The molecule has 0 unspecified atom stereocenters. The van der Waals surface area contributed by atoms with Crippen LogP contribution in [0.3, 0.4) is 0 Å². The van der Waals surface area contributed by atoms with Gasteiger partial charge in [0.15, 0.2) is 0 Å². The number of hydrogen-bond donors (Lipinski definition) is 0. The zero-order valence-electron chi connectivity index (χ0n) is 27.1. The first-order chi connectivity index (χ1) is 21.6. The minimum atomic E-state index is -1.87. The van der Waals surface area contributed by atoms with Gasteiger partial charge in [-0.3, -0.25) is 0 Å². The summed E-state index contributed by atoms with van der Waals surface area (Å²) in [5.74, 6) is 0. The number of rotatable bonds is 4. The Bertz CT molecular complexity index is 2060. The van der Waals surface area contributed by atoms with Crippen molar-refractivity contribution in [3.63, 3.8) is 0 Å². The van der Waals surface area contributed by atoms with Gasteiger partial charge >= 0.3 is 0 Å². The first-order valence-corrected chi connectivity index (χ1v) is 22.1. The van der Waals surface area contributed by atoms with Gasteiger partial charge in [-0.1, -0.05) is 122 Å². The Morgan fingerprint density at radius 1 is 0.378 bits per heavy atom. The third-order valence-corrected chi connectivity index (χ3v) is 17.5. The molecule has 8 rings (SSSR count). The van der Waals surface area contributed by atoms with Crippen LogP contribution in [0.15, 0.2) is 127 Å². The summed E-state index contributed by atoms with van der Waals surface area (Å²) >= 11 is 0. The van der Waals surface area contributed by atoms with Crippen LogP contribution in [0.2, 0.25) is 26.2 Å². The topological polar surface area (TPSA) is 3.24 Å². The van der Waals surface area contributed by atoms with E-state index in [4.69, 9.17) is 0 Å². The number of anilines is 3. The first kappa shape index (κ1) is 28.1. The second-order valence-corrected chi connectivity index (χ2v) is 22.7. The van der Waals surface area contributed by atoms with Crippen LogP contribution < -0.4 is 25.6 Å². The van der Waals surface area contributed by atoms with E-state index in [1.807, 2.05) is 0 Å². The van der Waals surface area contributed by atoms with Gasteiger partial charge in [-0.25, -0.2) is 0 Å². The van der Waals surface area contributed by atoms with Gasteiger partial charge in [0.2, 0.25) is 0 Å². The molecule has 6 aromatic carbocycles. The smallest absolute Gasteiger partial charge is 0.113 e. The molecule has 0 N–H and O–H groups in total. The van der Waals surface area contributed by atoms with Crippen LogP contribution in [0, 0.1) is 13.8 Å². The van der Waals surface area contributed by atoms with Crippen molar-refractivity contribution in [2.24, 2.45) is 0 Å². The molecule has 3 heteroatoms. The number of fused-ring (bicyclic) bond motifs is 6. The average Bonchev–Trinajstić information content (AvgIpc) is 3.41. The van der Waals surface area contributed by atoms with Gasteiger partial charge in [0.25, 0.3) is 0 Å². The van der Waals surface area contributed by atoms with Crippen molar-refractivity contribution in [1.29, 1.82) is 0 Å². The fourth-order valence-corrected chi connectivity index (χ4v) is 14.1. The molecule has 0 aliphatic carbocycles. The largest absolute Gasteiger partial charge is 0.311 e. The molecule has 0 saturated carbocycles. The molecule has 0 atom stereocenters. The maximum Gasteiger partial charge on any atom is 0.113 e. The monoisotopic (exact) mass is 613 g/mol. The lowest BCUT2D eigenvalue weighted by atomic mass is 9.97. The third kappa shape index (κ3) is 4.33. The zero-order chi connectivity index (χ0) is 31.1. The molecule has 1 nitrogen and oxygen atoms in total. The second kappa shape index (κ2) is 10.0. The van der Waals surface area contributed by atoms with Gasteiger partial charge in [-0.05, 0) is 110 Å². The quantitative estimate of drug-likeness (QED) is 0.179. The van der Waals surface area contributed by atoms with E-state index in [2.05, 4.69) is 172 Å². The van der Waals surface area contributed by atoms with Crippen molar-refractivity contribution in [2.45, 2.75) is 40.0 Å². The molecule has 6 aromatic rings. The zero-order valence-corrected chi connectivity index (χ0v) is 29.1. The van der Waals surface area contributed by atoms with Crippen molar-refractivity contribution in [3.05, 3.63) is 139 Å². The predicted molar refractivity (Wildman–Crippen MR) is 200 cm³/mol. The lowest BCUT2D eigenvalue weighted by molar-refractivity contribution is 1.27. The predicted octanol–water partition coefficient (Wildman–Crippen LogP) is 9.05. The van der Waals surface area contributed by atoms with E-state index in [1.165, 1.54) is 55.9 Å². The number of aryl methyl sites for hydroxylation is 2. The average molecular weight is 614 g/mol. The lowest BCUT2D eigenvalue weighted by Gasteiger charge is -2.26. The molecular formula is C42H39NSi2. The summed E-state index contributed by atoms with van der Waals surface area (Å²) in [4.78, 5) is 2.35. The highest BCUT2D eigenvalue weighted by Gasteiger charge is 2.43. The highest BCUT2D eigenvalue weighted by Crippen LogP contribution is 2.38. The lowest BCUT2D eigenvalue weighted by Crippen LogP contribution is -2.54. The summed E-state index contributed by atoms with van der Waals surface area (Å²) in [5, 5.41) is 6.39. The maximum atomic E-state index is 2.64. The van der Waals surface area contributed by atoms with Crippen LogP contribution in [0.4, 0.5) is 17.1 Å². The van der Waals surface area contributed by atoms with Gasteiger partial charge < -0.3 is 4.90 Å². The Balaban J connectivity index is 1.18. The van der Waals surface area contributed by atoms with Crippen LogP contribution in [0.5, 0.6) is 0 Å². The molecule has 2 aliphatic heterocycles. The Morgan fingerprint density at radius 2 is 0.822 bits per heavy atom. The number of hydrogen-bond acceptors (Lipinski definition) is 1. The molecule has 0 saturated heterocycles. The van der Waals surface area contributed by atoms with Gasteiger partial charge in [0.05, 0.1) is 0 Å². The van der Waals surface area contributed by atoms with E-state index in [0.29, 0.717) is 0 Å². The fourth-order valence-electron chi connectivity index (χ4n) is 7.75. The van der Waals surface area contributed by atoms with Crippen LogP contribution in [-0.4, -0.2) is 16.1 Å². The van der Waals surface area contributed by atoms with E-state index >= 15 is 0 Å². The minimum absolute atomic E-state index is 1.16. The van der Waals surface area contributed by atoms with Crippen LogP contribution in [0.25, 0.3) is 33.4 Å². The van der Waals surface area contributed by atoms with Crippen molar-refractivity contribution in [1.82, 2.24) is 0 Å². The second-order valence-electron chi connectivity index (χ2n) is 14.1. The standard InChI is InChI=1S/C42H39NSi2/c1-28-11-18-32(19-12-28)43(33-20-13-29(2)14-21-33)34-22-15-30(16-23-34)31-17-24-36-38-26-37-35-9-7-8-10-39(35)44(3,4)41(37)27-42(38)45(5,6)40(36)25-31/h7-27H,1-6H3. The third-order valence-electron chi connectivity index (χ3n) is 10.4. The molecule has 2 heterocycles. The van der Waals surface area contributed by atoms with Crippen molar-refractivity contribution in [2.75, 3.05) is 4.90 Å². The summed E-state index contributed by atoms with van der Waals surface area (Å²) in [6, 6.07) is 48.3. The van der Waals surface area contributed by atoms with E-state index in [0.717, 1.165) is 5.69 Å². The SMILES string of the molecule is Cc1ccc(N(c2ccc(C)cc2)c2ccc(-c3ccc4c(c3)[Si](C)(C)c3cc5c(cc3-4)-c3ccccc3[Si]5(C)C)cc2)cc1. The van der Waals surface area contributed by atoms with Gasteiger partial charge in [-0.2, -0.15) is 0 Å². The highest BCUT2D eigenvalue weighted by molar-refractivity contribution is 7.06. The molecule has 220 valence electrons. The summed E-state index contributed by atoms with van der Waals surface area (Å²) in [5.41, 5.74) is 14.4. The molecule has 0 spiro atoms. The molecule has 2 aliphatic rings. The molecule has 0 amide bonds. The van der Waals surface area contributed by atoms with Gasteiger partial charge in [0.1, 0.15) is 16.1 Å². The normalized spacial score (nSPS) is 14.8.